The number of carbonyl (C=O) groups is 1. The summed E-state index contributed by atoms with van der Waals surface area (Å²) < 4.78 is 1.75. The molecule has 0 saturated heterocycles. The van der Waals surface area contributed by atoms with E-state index in [0.717, 1.165) is 11.4 Å². The Morgan fingerprint density at radius 3 is 2.86 bits per heavy atom. The number of aromatic nitrogens is 2. The van der Waals surface area contributed by atoms with E-state index in [0.29, 0.717) is 11.6 Å². The average Bonchev–Trinajstić information content (AvgIpc) is 2.45. The van der Waals surface area contributed by atoms with Gasteiger partial charge < -0.3 is 0 Å². The van der Waals surface area contributed by atoms with Crippen LogP contribution in [-0.4, -0.2) is 15.6 Å². The summed E-state index contributed by atoms with van der Waals surface area (Å²) in [4.78, 5) is 11.2. The monoisotopic (exact) mass is 212 g/mol. The molecular weight excluding hydrogens is 200 g/mol. The van der Waals surface area contributed by atoms with Crippen LogP contribution in [0.1, 0.15) is 18.3 Å². The number of aryl methyl sites for hydroxylation is 2. The first-order valence-electron chi connectivity index (χ1n) is 4.47. The molecule has 0 radical (unpaired) electrons. The zero-order valence-corrected chi connectivity index (χ0v) is 9.14. The summed E-state index contributed by atoms with van der Waals surface area (Å²) in [7, 11) is 0. The van der Waals surface area contributed by atoms with Crippen molar-refractivity contribution >= 4 is 17.4 Å². The second-order valence-corrected chi connectivity index (χ2v) is 3.39. The van der Waals surface area contributed by atoms with E-state index in [2.05, 4.69) is 11.7 Å². The van der Waals surface area contributed by atoms with Crippen molar-refractivity contribution in [2.45, 2.75) is 26.8 Å². The van der Waals surface area contributed by atoms with Crippen molar-refractivity contribution in [2.75, 3.05) is 0 Å². The molecule has 1 heterocycles. The van der Waals surface area contributed by atoms with Crippen LogP contribution in [0.2, 0.25) is 5.02 Å². The summed E-state index contributed by atoms with van der Waals surface area (Å²) >= 11 is 6.02. The molecule has 0 bridgehead atoms. The molecule has 0 N–H and O–H groups in total. The van der Waals surface area contributed by atoms with E-state index in [1.165, 1.54) is 6.08 Å². The maximum atomic E-state index is 11.2. The molecule has 1 aromatic rings. The summed E-state index contributed by atoms with van der Waals surface area (Å²) in [5.41, 5.74) is 1.54. The third-order valence-electron chi connectivity index (χ3n) is 2.02. The molecular formula is C10H13ClN2O. The maximum Gasteiger partial charge on any atom is 0.161 e. The van der Waals surface area contributed by atoms with Gasteiger partial charge in [-0.1, -0.05) is 18.2 Å². The molecule has 14 heavy (non-hydrogen) atoms. The predicted molar refractivity (Wildman–Crippen MR) is 56.6 cm³/mol. The molecule has 0 aromatic carbocycles. The first-order chi connectivity index (χ1) is 6.60. The lowest BCUT2D eigenvalue weighted by Gasteiger charge is -2.02. The fourth-order valence-electron chi connectivity index (χ4n) is 1.28. The van der Waals surface area contributed by atoms with Crippen LogP contribution in [0.15, 0.2) is 12.7 Å². The molecule has 0 saturated carbocycles. The van der Waals surface area contributed by atoms with Crippen LogP contribution in [-0.2, 0) is 17.8 Å². The van der Waals surface area contributed by atoms with Gasteiger partial charge in [0.25, 0.3) is 0 Å². The van der Waals surface area contributed by atoms with E-state index in [9.17, 15) is 4.79 Å². The van der Waals surface area contributed by atoms with Crippen LogP contribution in [0.4, 0.5) is 0 Å². The Kier molecular flexibility index (Phi) is 3.47. The molecule has 0 unspecified atom stereocenters. The van der Waals surface area contributed by atoms with Crippen molar-refractivity contribution in [3.8, 4) is 0 Å². The minimum absolute atomic E-state index is 0.0403. The molecule has 1 rings (SSSR count). The molecule has 0 atom stereocenters. The molecule has 0 spiro atoms. The fraction of sp³-hybridized carbons (Fsp3) is 0.400. The van der Waals surface area contributed by atoms with Gasteiger partial charge in [-0.15, -0.1) is 0 Å². The minimum Gasteiger partial charge on any atom is -0.294 e. The van der Waals surface area contributed by atoms with Crippen LogP contribution >= 0.6 is 11.6 Å². The Bertz CT molecular complexity index is 368. The smallest absolute Gasteiger partial charge is 0.161 e. The highest BCUT2D eigenvalue weighted by atomic mass is 35.5. The molecule has 0 amide bonds. The number of carbonyl (C=O) groups excluding carboxylic acids is 1. The Morgan fingerprint density at radius 2 is 2.36 bits per heavy atom. The molecule has 76 valence electrons. The number of nitrogens with zero attached hydrogens (tertiary/aromatic N) is 2. The first kappa shape index (κ1) is 11.0. The zero-order chi connectivity index (χ0) is 10.7. The van der Waals surface area contributed by atoms with Crippen molar-refractivity contribution in [3.63, 3.8) is 0 Å². The lowest BCUT2D eigenvalue weighted by atomic mass is 10.2. The van der Waals surface area contributed by atoms with Crippen molar-refractivity contribution in [2.24, 2.45) is 0 Å². The van der Waals surface area contributed by atoms with Crippen LogP contribution in [0.3, 0.4) is 0 Å². The van der Waals surface area contributed by atoms with Crippen molar-refractivity contribution in [1.29, 1.82) is 0 Å². The summed E-state index contributed by atoms with van der Waals surface area (Å²) in [5.74, 6) is -0.0403. The summed E-state index contributed by atoms with van der Waals surface area (Å²) in [6, 6.07) is 0. The summed E-state index contributed by atoms with van der Waals surface area (Å²) in [6.07, 6.45) is 1.58. The number of allylic oxidation sites excluding steroid dienone is 1. The normalized spacial score (nSPS) is 10.2. The van der Waals surface area contributed by atoms with Gasteiger partial charge in [0.1, 0.15) is 0 Å². The predicted octanol–water partition coefficient (Wildman–Crippen LogP) is 2.16. The Labute approximate surface area is 88.4 Å². The molecule has 0 aliphatic rings. The average molecular weight is 213 g/mol. The second-order valence-electron chi connectivity index (χ2n) is 3.01. The van der Waals surface area contributed by atoms with Gasteiger partial charge in [-0.3, -0.25) is 9.48 Å². The van der Waals surface area contributed by atoms with E-state index in [1.54, 1.807) is 4.68 Å². The van der Waals surface area contributed by atoms with Gasteiger partial charge in [-0.2, -0.15) is 5.10 Å². The minimum atomic E-state index is -0.0403. The van der Waals surface area contributed by atoms with Gasteiger partial charge in [0, 0.05) is 6.54 Å². The summed E-state index contributed by atoms with van der Waals surface area (Å²) in [6.45, 7) is 7.93. The van der Waals surface area contributed by atoms with Crippen molar-refractivity contribution in [3.05, 3.63) is 29.1 Å². The second kappa shape index (κ2) is 4.42. The highest BCUT2D eigenvalue weighted by Gasteiger charge is 2.14. The SMILES string of the molecule is C=CC(=O)Cc1c(Cl)c(C)nn1CC. The van der Waals surface area contributed by atoms with Crippen molar-refractivity contribution in [1.82, 2.24) is 9.78 Å². The van der Waals surface area contributed by atoms with E-state index in [1.807, 2.05) is 13.8 Å². The number of rotatable bonds is 4. The Balaban J connectivity index is 3.05. The van der Waals surface area contributed by atoms with E-state index < -0.39 is 0 Å². The van der Waals surface area contributed by atoms with Crippen LogP contribution in [0.5, 0.6) is 0 Å². The quantitative estimate of drug-likeness (QED) is 0.717. The number of hydrogen-bond acceptors (Lipinski definition) is 2. The highest BCUT2D eigenvalue weighted by molar-refractivity contribution is 6.32. The van der Waals surface area contributed by atoms with Gasteiger partial charge in [-0.25, -0.2) is 0 Å². The lowest BCUT2D eigenvalue weighted by molar-refractivity contribution is -0.114. The van der Waals surface area contributed by atoms with Gasteiger partial charge in [0.2, 0.25) is 0 Å². The molecule has 0 fully saturated rings. The van der Waals surface area contributed by atoms with E-state index in [-0.39, 0.29) is 12.2 Å². The third kappa shape index (κ3) is 2.04. The highest BCUT2D eigenvalue weighted by Crippen LogP contribution is 2.20. The number of halogens is 1. The molecule has 4 heteroatoms. The fourth-order valence-corrected chi connectivity index (χ4v) is 1.48. The van der Waals surface area contributed by atoms with Crippen LogP contribution < -0.4 is 0 Å². The van der Waals surface area contributed by atoms with Crippen molar-refractivity contribution < 1.29 is 4.79 Å². The molecule has 0 aliphatic carbocycles. The largest absolute Gasteiger partial charge is 0.294 e. The van der Waals surface area contributed by atoms with Crippen LogP contribution in [0, 0.1) is 6.92 Å². The van der Waals surface area contributed by atoms with Gasteiger partial charge in [0.15, 0.2) is 5.78 Å². The molecule has 1 aromatic heterocycles. The Hall–Kier alpha value is -1.09. The van der Waals surface area contributed by atoms with Gasteiger partial charge in [-0.05, 0) is 19.9 Å². The lowest BCUT2D eigenvalue weighted by Crippen LogP contribution is -2.07. The van der Waals surface area contributed by atoms with Crippen LogP contribution in [0.25, 0.3) is 0 Å². The van der Waals surface area contributed by atoms with E-state index >= 15 is 0 Å². The zero-order valence-electron chi connectivity index (χ0n) is 8.38. The number of ketones is 1. The third-order valence-corrected chi connectivity index (χ3v) is 2.51. The van der Waals surface area contributed by atoms with E-state index in [4.69, 9.17) is 11.6 Å². The van der Waals surface area contributed by atoms with Gasteiger partial charge >= 0.3 is 0 Å². The standard InChI is InChI=1S/C10H13ClN2O/c1-4-8(14)6-9-10(11)7(3)12-13(9)5-2/h4H,1,5-6H2,2-3H3. The Morgan fingerprint density at radius 1 is 1.71 bits per heavy atom. The molecule has 0 aliphatic heterocycles. The summed E-state index contributed by atoms with van der Waals surface area (Å²) in [5, 5.41) is 4.80. The first-order valence-corrected chi connectivity index (χ1v) is 4.85. The topological polar surface area (TPSA) is 34.9 Å². The molecule has 3 nitrogen and oxygen atoms in total. The number of hydrogen-bond donors (Lipinski definition) is 0. The maximum absolute atomic E-state index is 11.2. The van der Waals surface area contributed by atoms with Gasteiger partial charge in [0.05, 0.1) is 22.8 Å².